The molecule has 0 radical (unpaired) electrons. The van der Waals surface area contributed by atoms with Crippen molar-refractivity contribution in [3.63, 3.8) is 0 Å². The van der Waals surface area contributed by atoms with Gasteiger partial charge < -0.3 is 5.32 Å². The van der Waals surface area contributed by atoms with Crippen LogP contribution in [-0.4, -0.2) is 31.7 Å². The quantitative estimate of drug-likeness (QED) is 0.862. The number of halogens is 1. The van der Waals surface area contributed by atoms with Crippen molar-refractivity contribution in [2.75, 3.05) is 18.4 Å². The summed E-state index contributed by atoms with van der Waals surface area (Å²) in [5.74, 6) is -0.570. The van der Waals surface area contributed by atoms with E-state index in [1.165, 1.54) is 4.31 Å². The molecule has 0 aromatic heterocycles. The molecular formula is C19H21ClN2O3S. The molecule has 0 aliphatic carbocycles. The van der Waals surface area contributed by atoms with Crippen molar-refractivity contribution >= 4 is 33.2 Å². The van der Waals surface area contributed by atoms with E-state index in [0.717, 1.165) is 5.56 Å². The van der Waals surface area contributed by atoms with Gasteiger partial charge in [0.05, 0.1) is 10.8 Å². The van der Waals surface area contributed by atoms with Crippen LogP contribution in [0, 0.1) is 12.8 Å². The molecular weight excluding hydrogens is 372 g/mol. The summed E-state index contributed by atoms with van der Waals surface area (Å²) < 4.78 is 27.1. The molecule has 0 saturated carbocycles. The van der Waals surface area contributed by atoms with E-state index < -0.39 is 10.0 Å². The zero-order chi connectivity index (χ0) is 18.7. The van der Waals surface area contributed by atoms with Crippen molar-refractivity contribution in [1.82, 2.24) is 4.31 Å². The molecule has 1 atom stereocenters. The van der Waals surface area contributed by atoms with Crippen molar-refractivity contribution in [1.29, 1.82) is 0 Å². The Balaban J connectivity index is 1.72. The molecule has 1 N–H and O–H groups in total. The molecule has 26 heavy (non-hydrogen) atoms. The molecule has 0 bridgehead atoms. The smallest absolute Gasteiger partial charge is 0.243 e. The van der Waals surface area contributed by atoms with Crippen molar-refractivity contribution in [3.8, 4) is 0 Å². The highest BCUT2D eigenvalue weighted by molar-refractivity contribution is 7.89. The van der Waals surface area contributed by atoms with E-state index in [2.05, 4.69) is 5.32 Å². The number of rotatable bonds is 4. The lowest BCUT2D eigenvalue weighted by molar-refractivity contribution is -0.120. The summed E-state index contributed by atoms with van der Waals surface area (Å²) in [4.78, 5) is 12.8. The first-order valence-corrected chi connectivity index (χ1v) is 10.3. The number of sulfonamides is 1. The van der Waals surface area contributed by atoms with Crippen molar-refractivity contribution in [2.45, 2.75) is 24.7 Å². The Morgan fingerprint density at radius 2 is 1.92 bits per heavy atom. The van der Waals surface area contributed by atoms with Crippen LogP contribution in [0.15, 0.2) is 53.4 Å². The summed E-state index contributed by atoms with van der Waals surface area (Å²) in [6, 6.07) is 13.7. The summed E-state index contributed by atoms with van der Waals surface area (Å²) in [5.41, 5.74) is 1.61. The molecule has 1 aliphatic heterocycles. The molecule has 0 spiro atoms. The van der Waals surface area contributed by atoms with Gasteiger partial charge in [0.2, 0.25) is 15.9 Å². The third-order valence-corrected chi connectivity index (χ3v) is 6.62. The first-order valence-electron chi connectivity index (χ1n) is 8.49. The maximum Gasteiger partial charge on any atom is 0.243 e. The van der Waals surface area contributed by atoms with Crippen LogP contribution >= 0.6 is 11.6 Å². The molecule has 3 rings (SSSR count). The van der Waals surface area contributed by atoms with Gasteiger partial charge in [-0.25, -0.2) is 8.42 Å². The van der Waals surface area contributed by atoms with Gasteiger partial charge in [0.1, 0.15) is 0 Å². The average molecular weight is 393 g/mol. The monoisotopic (exact) mass is 392 g/mol. The molecule has 0 unspecified atom stereocenters. The highest BCUT2D eigenvalue weighted by Gasteiger charge is 2.33. The van der Waals surface area contributed by atoms with Gasteiger partial charge in [0.15, 0.2) is 0 Å². The Hall–Kier alpha value is -1.89. The normalized spacial score (nSPS) is 18.5. The Kier molecular flexibility index (Phi) is 5.65. The lowest BCUT2D eigenvalue weighted by atomic mass is 9.99. The van der Waals surface area contributed by atoms with E-state index in [4.69, 9.17) is 11.6 Å². The Bertz CT molecular complexity index is 897. The fourth-order valence-corrected chi connectivity index (χ4v) is 4.76. The van der Waals surface area contributed by atoms with Gasteiger partial charge in [0.25, 0.3) is 0 Å². The van der Waals surface area contributed by atoms with Crippen LogP contribution in [-0.2, 0) is 14.8 Å². The summed E-state index contributed by atoms with van der Waals surface area (Å²) >= 11 is 5.94. The fourth-order valence-electron chi connectivity index (χ4n) is 3.04. The van der Waals surface area contributed by atoms with Gasteiger partial charge >= 0.3 is 0 Å². The zero-order valence-electron chi connectivity index (χ0n) is 14.5. The maximum absolute atomic E-state index is 12.8. The Labute approximate surface area is 159 Å². The van der Waals surface area contributed by atoms with E-state index in [-0.39, 0.29) is 23.3 Å². The summed E-state index contributed by atoms with van der Waals surface area (Å²) in [7, 11) is -3.59. The van der Waals surface area contributed by atoms with E-state index in [9.17, 15) is 13.2 Å². The molecule has 7 heteroatoms. The van der Waals surface area contributed by atoms with Crippen LogP contribution in [0.2, 0.25) is 5.02 Å². The number of carbonyl (C=O) groups excluding carboxylic acids is 1. The predicted octanol–water partition coefficient (Wildman–Crippen LogP) is 3.69. The fraction of sp³-hybridized carbons (Fsp3) is 0.316. The topological polar surface area (TPSA) is 66.5 Å². The van der Waals surface area contributed by atoms with E-state index in [0.29, 0.717) is 30.1 Å². The lowest BCUT2D eigenvalue weighted by Crippen LogP contribution is -2.43. The van der Waals surface area contributed by atoms with Gasteiger partial charge in [-0.2, -0.15) is 4.31 Å². The second-order valence-corrected chi connectivity index (χ2v) is 8.89. The predicted molar refractivity (Wildman–Crippen MR) is 103 cm³/mol. The number of hydrogen-bond acceptors (Lipinski definition) is 3. The molecule has 1 saturated heterocycles. The van der Waals surface area contributed by atoms with Gasteiger partial charge in [-0.15, -0.1) is 0 Å². The number of benzene rings is 2. The number of nitrogens with one attached hydrogen (secondary N) is 1. The number of amides is 1. The molecule has 2 aromatic carbocycles. The molecule has 1 heterocycles. The lowest BCUT2D eigenvalue weighted by Gasteiger charge is -2.31. The molecule has 138 valence electrons. The third kappa shape index (κ3) is 4.26. The Morgan fingerprint density at radius 1 is 1.19 bits per heavy atom. The molecule has 1 aliphatic rings. The highest BCUT2D eigenvalue weighted by Crippen LogP contribution is 2.25. The minimum atomic E-state index is -3.59. The van der Waals surface area contributed by atoms with Gasteiger partial charge in [0, 0.05) is 23.8 Å². The van der Waals surface area contributed by atoms with E-state index in [1.807, 2.05) is 6.92 Å². The van der Waals surface area contributed by atoms with Crippen molar-refractivity contribution in [2.24, 2.45) is 5.92 Å². The zero-order valence-corrected chi connectivity index (χ0v) is 16.1. The number of aryl methyl sites for hydroxylation is 1. The van der Waals surface area contributed by atoms with Gasteiger partial charge in [-0.3, -0.25) is 4.79 Å². The summed E-state index contributed by atoms with van der Waals surface area (Å²) in [6.07, 6.45) is 1.31. The average Bonchev–Trinajstić information content (AvgIpc) is 2.62. The summed E-state index contributed by atoms with van der Waals surface area (Å²) in [6.45, 7) is 2.52. The molecule has 1 amide bonds. The standard InChI is InChI=1S/C19H21ClN2O3S/c1-14-7-9-18(10-8-14)26(24,25)22-11-3-4-15(13-22)19(23)21-17-6-2-5-16(20)12-17/h2,5-10,12,15H,3-4,11,13H2,1H3,(H,21,23)/t15-/m1/s1. The van der Waals surface area contributed by atoms with Crippen LogP contribution in [0.5, 0.6) is 0 Å². The number of nitrogens with zero attached hydrogens (tertiary/aromatic N) is 1. The number of anilines is 1. The van der Waals surface area contributed by atoms with Crippen LogP contribution in [0.1, 0.15) is 18.4 Å². The van der Waals surface area contributed by atoms with E-state index in [1.54, 1.807) is 48.5 Å². The van der Waals surface area contributed by atoms with Gasteiger partial charge in [-0.1, -0.05) is 35.4 Å². The van der Waals surface area contributed by atoms with Gasteiger partial charge in [-0.05, 0) is 50.1 Å². The second-order valence-electron chi connectivity index (χ2n) is 6.51. The van der Waals surface area contributed by atoms with Crippen LogP contribution in [0.25, 0.3) is 0 Å². The van der Waals surface area contributed by atoms with Crippen LogP contribution in [0.3, 0.4) is 0 Å². The van der Waals surface area contributed by atoms with Crippen LogP contribution < -0.4 is 5.32 Å². The molecule has 2 aromatic rings. The van der Waals surface area contributed by atoms with Crippen LogP contribution in [0.4, 0.5) is 5.69 Å². The minimum Gasteiger partial charge on any atom is -0.326 e. The number of carbonyl (C=O) groups is 1. The first-order chi connectivity index (χ1) is 12.4. The summed E-state index contributed by atoms with van der Waals surface area (Å²) in [5, 5.41) is 3.36. The SMILES string of the molecule is Cc1ccc(S(=O)(=O)N2CCC[C@@H](C(=O)Nc3cccc(Cl)c3)C2)cc1. The number of piperidine rings is 1. The number of hydrogen-bond donors (Lipinski definition) is 1. The van der Waals surface area contributed by atoms with Crippen molar-refractivity contribution < 1.29 is 13.2 Å². The Morgan fingerprint density at radius 3 is 2.62 bits per heavy atom. The minimum absolute atomic E-state index is 0.183. The highest BCUT2D eigenvalue weighted by atomic mass is 35.5. The first kappa shape index (κ1) is 18.9. The third-order valence-electron chi connectivity index (χ3n) is 4.51. The molecule has 1 fully saturated rings. The second kappa shape index (κ2) is 7.78. The molecule has 5 nitrogen and oxygen atoms in total. The largest absolute Gasteiger partial charge is 0.326 e. The van der Waals surface area contributed by atoms with E-state index >= 15 is 0 Å². The maximum atomic E-state index is 12.8. The van der Waals surface area contributed by atoms with Crippen molar-refractivity contribution in [3.05, 3.63) is 59.1 Å².